The van der Waals surface area contributed by atoms with Crippen LogP contribution < -0.4 is 11.5 Å². The first-order valence-electron chi connectivity index (χ1n) is 5.62. The van der Waals surface area contributed by atoms with E-state index in [1.807, 2.05) is 0 Å². The van der Waals surface area contributed by atoms with E-state index in [-0.39, 0.29) is 22.0 Å². The van der Waals surface area contributed by atoms with Crippen molar-refractivity contribution in [3.63, 3.8) is 0 Å². The number of carbonyl (C=O) groups excluding carboxylic acids is 2. The Labute approximate surface area is 134 Å². The van der Waals surface area contributed by atoms with E-state index in [0.717, 1.165) is 11.5 Å². The van der Waals surface area contributed by atoms with E-state index < -0.39 is 5.91 Å². The summed E-state index contributed by atoms with van der Waals surface area (Å²) in [4.78, 5) is 23.2. The second-order valence-corrected chi connectivity index (χ2v) is 5.62. The van der Waals surface area contributed by atoms with Gasteiger partial charge in [-0.25, -0.2) is 0 Å². The molecule has 0 radical (unpaired) electrons. The van der Waals surface area contributed by atoms with Crippen molar-refractivity contribution in [2.75, 3.05) is 5.73 Å². The van der Waals surface area contributed by atoms with Gasteiger partial charge in [0.1, 0.15) is 4.88 Å². The zero-order valence-electron chi connectivity index (χ0n) is 10.5. The molecule has 0 atom stereocenters. The van der Waals surface area contributed by atoms with E-state index in [2.05, 4.69) is 4.37 Å². The molecule has 21 heavy (non-hydrogen) atoms. The van der Waals surface area contributed by atoms with Gasteiger partial charge < -0.3 is 11.5 Å². The number of allylic oxidation sites excluding steroid dienone is 1. The van der Waals surface area contributed by atoms with Crippen LogP contribution in [0.5, 0.6) is 0 Å². The molecule has 4 N–H and O–H groups in total. The van der Waals surface area contributed by atoms with Crippen LogP contribution in [-0.2, 0) is 0 Å². The van der Waals surface area contributed by atoms with Crippen molar-refractivity contribution >= 4 is 58.2 Å². The van der Waals surface area contributed by atoms with Gasteiger partial charge in [-0.1, -0.05) is 29.3 Å². The first-order valence-corrected chi connectivity index (χ1v) is 7.15. The minimum atomic E-state index is -0.771. The summed E-state index contributed by atoms with van der Waals surface area (Å²) >= 11 is 12.6. The third kappa shape index (κ3) is 3.41. The van der Waals surface area contributed by atoms with E-state index in [0.29, 0.717) is 15.6 Å². The molecule has 0 saturated carbocycles. The molecule has 0 aliphatic heterocycles. The Morgan fingerprint density at radius 1 is 1.29 bits per heavy atom. The van der Waals surface area contributed by atoms with Gasteiger partial charge >= 0.3 is 0 Å². The number of aromatic nitrogens is 1. The molecule has 0 fully saturated rings. The third-order valence-corrected chi connectivity index (χ3v) is 4.00. The number of nitrogens with zero attached hydrogens (tertiary/aromatic N) is 1. The zero-order valence-corrected chi connectivity index (χ0v) is 12.8. The summed E-state index contributed by atoms with van der Waals surface area (Å²) in [5, 5.41) is 0.919. The summed E-state index contributed by atoms with van der Waals surface area (Å²) < 4.78 is 3.76. The lowest BCUT2D eigenvalue weighted by Crippen LogP contribution is -2.13. The Balaban J connectivity index is 2.25. The maximum atomic E-state index is 12.0. The second-order valence-electron chi connectivity index (χ2n) is 4.00. The zero-order chi connectivity index (χ0) is 15.6. The molecule has 0 aliphatic rings. The van der Waals surface area contributed by atoms with Crippen molar-refractivity contribution in [2.24, 2.45) is 5.73 Å². The highest BCUT2D eigenvalue weighted by Gasteiger charge is 2.18. The average molecular weight is 342 g/mol. The average Bonchev–Trinajstić information content (AvgIpc) is 2.79. The summed E-state index contributed by atoms with van der Waals surface area (Å²) in [6.45, 7) is 0. The fourth-order valence-electron chi connectivity index (χ4n) is 1.53. The van der Waals surface area contributed by atoms with Crippen LogP contribution in [0.15, 0.2) is 24.3 Å². The number of primary amides is 1. The fraction of sp³-hybridized carbons (Fsp3) is 0. The molecule has 0 bridgehead atoms. The molecule has 2 aromatic rings. The van der Waals surface area contributed by atoms with Gasteiger partial charge in [0.15, 0.2) is 11.5 Å². The number of benzene rings is 1. The molecule has 8 heteroatoms. The number of hydrogen-bond donors (Lipinski definition) is 2. The largest absolute Gasteiger partial charge is 0.395 e. The number of amides is 1. The predicted molar refractivity (Wildman–Crippen MR) is 84.9 cm³/mol. The fourth-order valence-corrected chi connectivity index (χ4v) is 2.73. The van der Waals surface area contributed by atoms with Crippen LogP contribution in [0.4, 0.5) is 5.69 Å². The van der Waals surface area contributed by atoms with Crippen molar-refractivity contribution in [3.05, 3.63) is 50.5 Å². The summed E-state index contributed by atoms with van der Waals surface area (Å²) in [6, 6.07) is 4.91. The molecule has 0 unspecified atom stereocenters. The lowest BCUT2D eigenvalue weighted by Gasteiger charge is -1.98. The normalized spacial score (nSPS) is 11.0. The van der Waals surface area contributed by atoms with Gasteiger partial charge in [-0.15, -0.1) is 0 Å². The van der Waals surface area contributed by atoms with Crippen LogP contribution >= 0.6 is 34.7 Å². The molecule has 1 aromatic heterocycles. The highest BCUT2D eigenvalue weighted by Crippen LogP contribution is 2.24. The molecular formula is C13H9Cl2N3O2S. The van der Waals surface area contributed by atoms with Crippen LogP contribution in [-0.4, -0.2) is 16.1 Å². The molecule has 0 saturated heterocycles. The first kappa shape index (κ1) is 15.5. The van der Waals surface area contributed by atoms with Crippen LogP contribution in [0, 0.1) is 0 Å². The van der Waals surface area contributed by atoms with E-state index in [1.54, 1.807) is 18.2 Å². The Kier molecular flexibility index (Phi) is 4.62. The topological polar surface area (TPSA) is 99.1 Å². The van der Waals surface area contributed by atoms with E-state index >= 15 is 0 Å². The molecule has 108 valence electrons. The summed E-state index contributed by atoms with van der Waals surface area (Å²) in [5.74, 6) is -1.16. The summed E-state index contributed by atoms with van der Waals surface area (Å²) in [5.41, 5.74) is 11.3. The quantitative estimate of drug-likeness (QED) is 0.659. The highest BCUT2D eigenvalue weighted by atomic mass is 35.5. The smallest absolute Gasteiger partial charge is 0.270 e. The minimum Gasteiger partial charge on any atom is -0.395 e. The number of nitrogens with two attached hydrogens (primary N) is 2. The number of nitrogen functional groups attached to an aromatic ring is 1. The number of rotatable bonds is 4. The van der Waals surface area contributed by atoms with Gasteiger partial charge in [-0.2, -0.15) is 4.37 Å². The molecule has 1 amide bonds. The van der Waals surface area contributed by atoms with Crippen molar-refractivity contribution in [1.29, 1.82) is 0 Å². The molecule has 1 aromatic carbocycles. The summed E-state index contributed by atoms with van der Waals surface area (Å²) in [6.07, 6.45) is 2.83. The molecule has 0 spiro atoms. The number of carbonyl (C=O) groups is 2. The van der Waals surface area contributed by atoms with Gasteiger partial charge in [0.25, 0.3) is 5.91 Å². The summed E-state index contributed by atoms with van der Waals surface area (Å²) in [7, 11) is 0. The number of halogens is 2. The maximum Gasteiger partial charge on any atom is 0.270 e. The van der Waals surface area contributed by atoms with Gasteiger partial charge in [-0.3, -0.25) is 9.59 Å². The SMILES string of the molecule is NC(=O)c1nsc(C(=O)C=Cc2ccc(Cl)cc2Cl)c1N. The van der Waals surface area contributed by atoms with Crippen molar-refractivity contribution in [3.8, 4) is 0 Å². The molecule has 0 aliphatic carbocycles. The van der Waals surface area contributed by atoms with E-state index in [4.69, 9.17) is 34.7 Å². The first-order chi connectivity index (χ1) is 9.90. The number of anilines is 1. The van der Waals surface area contributed by atoms with Crippen LogP contribution in [0.2, 0.25) is 10.0 Å². The maximum absolute atomic E-state index is 12.0. The molecule has 2 rings (SSSR count). The Bertz CT molecular complexity index is 756. The van der Waals surface area contributed by atoms with Crippen molar-refractivity contribution < 1.29 is 9.59 Å². The number of hydrogen-bond acceptors (Lipinski definition) is 5. The van der Waals surface area contributed by atoms with Crippen molar-refractivity contribution in [2.45, 2.75) is 0 Å². The Morgan fingerprint density at radius 2 is 2.00 bits per heavy atom. The van der Waals surface area contributed by atoms with Gasteiger partial charge in [0, 0.05) is 10.0 Å². The lowest BCUT2D eigenvalue weighted by atomic mass is 10.1. The monoisotopic (exact) mass is 341 g/mol. The van der Waals surface area contributed by atoms with Crippen LogP contribution in [0.3, 0.4) is 0 Å². The van der Waals surface area contributed by atoms with E-state index in [9.17, 15) is 9.59 Å². The van der Waals surface area contributed by atoms with Gasteiger partial charge in [0.2, 0.25) is 0 Å². The molecular weight excluding hydrogens is 333 g/mol. The van der Waals surface area contributed by atoms with Gasteiger partial charge in [0.05, 0.1) is 5.69 Å². The van der Waals surface area contributed by atoms with Crippen LogP contribution in [0.25, 0.3) is 6.08 Å². The lowest BCUT2D eigenvalue weighted by molar-refractivity contribution is 0.0997. The third-order valence-electron chi connectivity index (χ3n) is 2.56. The minimum absolute atomic E-state index is 0.00986. The molecule has 5 nitrogen and oxygen atoms in total. The second kappa shape index (κ2) is 6.26. The number of ketones is 1. The van der Waals surface area contributed by atoms with E-state index in [1.165, 1.54) is 12.2 Å². The van der Waals surface area contributed by atoms with Crippen molar-refractivity contribution in [1.82, 2.24) is 4.37 Å². The standard InChI is InChI=1S/C13H9Cl2N3O2S/c14-7-3-1-6(8(15)5-7)2-4-9(19)12-10(16)11(13(17)20)18-21-12/h1-5H,16H2,(H2,17,20). The van der Waals surface area contributed by atoms with Crippen LogP contribution in [0.1, 0.15) is 25.7 Å². The Hall–Kier alpha value is -1.89. The Morgan fingerprint density at radius 3 is 2.57 bits per heavy atom. The van der Waals surface area contributed by atoms with Gasteiger partial charge in [-0.05, 0) is 41.4 Å². The highest BCUT2D eigenvalue weighted by molar-refractivity contribution is 7.09. The molecule has 1 heterocycles. The predicted octanol–water partition coefficient (Wildman–Crippen LogP) is 3.03.